The van der Waals surface area contributed by atoms with Gasteiger partial charge in [0.05, 0.1) is 5.69 Å². The lowest BCUT2D eigenvalue weighted by Crippen LogP contribution is -2.51. The van der Waals surface area contributed by atoms with Gasteiger partial charge in [-0.1, -0.05) is 13.8 Å². The summed E-state index contributed by atoms with van der Waals surface area (Å²) in [5, 5.41) is 3.44. The molecule has 1 aromatic carbocycles. The average molecular weight is 254 g/mol. The van der Waals surface area contributed by atoms with Crippen LogP contribution in [0.3, 0.4) is 0 Å². The van der Waals surface area contributed by atoms with Gasteiger partial charge >= 0.3 is 0 Å². The lowest BCUT2D eigenvalue weighted by molar-refractivity contribution is 0.386. The highest BCUT2D eigenvalue weighted by Gasteiger charge is 2.22. The van der Waals surface area contributed by atoms with Gasteiger partial charge in [-0.3, -0.25) is 0 Å². The molecule has 1 atom stereocenters. The molecule has 1 fully saturated rings. The fraction of sp³-hybridized carbons (Fsp3) is 0.571. The molecule has 1 aromatic rings. The van der Waals surface area contributed by atoms with E-state index in [1.54, 1.807) is 0 Å². The van der Waals surface area contributed by atoms with Crippen molar-refractivity contribution in [2.75, 3.05) is 24.5 Å². The Labute approximate surface area is 107 Å². The van der Waals surface area contributed by atoms with E-state index in [1.807, 2.05) is 4.90 Å². The summed E-state index contributed by atoms with van der Waals surface area (Å²) in [5.41, 5.74) is 0.506. The molecule has 1 aliphatic rings. The third-order valence-corrected chi connectivity index (χ3v) is 3.26. The lowest BCUT2D eigenvalue weighted by atomic mass is 10.0. The smallest absolute Gasteiger partial charge is 0.149 e. The third kappa shape index (κ3) is 3.19. The van der Waals surface area contributed by atoms with E-state index in [-0.39, 0.29) is 0 Å². The SMILES string of the molecule is CC(C)CC1CN(c2ccc(F)cc2F)CCN1. The van der Waals surface area contributed by atoms with Gasteiger partial charge in [-0.15, -0.1) is 0 Å². The lowest BCUT2D eigenvalue weighted by Gasteiger charge is -2.36. The second-order valence-corrected chi connectivity index (χ2v) is 5.32. The first-order valence-electron chi connectivity index (χ1n) is 6.49. The fourth-order valence-corrected chi connectivity index (χ4v) is 2.51. The van der Waals surface area contributed by atoms with E-state index in [9.17, 15) is 8.78 Å². The Bertz CT molecular complexity index is 407. The molecule has 100 valence electrons. The maximum atomic E-state index is 13.7. The predicted octanol–water partition coefficient (Wildman–Crippen LogP) is 2.79. The first-order chi connectivity index (χ1) is 8.56. The normalized spacial score (nSPS) is 20.5. The summed E-state index contributed by atoms with van der Waals surface area (Å²) < 4.78 is 26.6. The van der Waals surface area contributed by atoms with Crippen molar-refractivity contribution in [3.05, 3.63) is 29.8 Å². The molecule has 1 unspecified atom stereocenters. The molecule has 2 nitrogen and oxygen atoms in total. The van der Waals surface area contributed by atoms with Crippen molar-refractivity contribution < 1.29 is 8.78 Å². The van der Waals surface area contributed by atoms with Crippen molar-refractivity contribution in [2.24, 2.45) is 5.92 Å². The fourth-order valence-electron chi connectivity index (χ4n) is 2.51. The van der Waals surface area contributed by atoms with E-state index in [0.29, 0.717) is 17.6 Å². The minimum Gasteiger partial charge on any atom is -0.366 e. The van der Waals surface area contributed by atoms with Crippen LogP contribution in [0.2, 0.25) is 0 Å². The number of hydrogen-bond donors (Lipinski definition) is 1. The molecule has 4 heteroatoms. The number of hydrogen-bond acceptors (Lipinski definition) is 2. The van der Waals surface area contributed by atoms with Crippen LogP contribution in [0.1, 0.15) is 20.3 Å². The van der Waals surface area contributed by atoms with Crippen LogP contribution in [-0.4, -0.2) is 25.7 Å². The Balaban J connectivity index is 2.08. The number of halogens is 2. The third-order valence-electron chi connectivity index (χ3n) is 3.26. The molecule has 1 heterocycles. The van der Waals surface area contributed by atoms with Gasteiger partial charge in [-0.05, 0) is 24.5 Å². The second-order valence-electron chi connectivity index (χ2n) is 5.32. The first-order valence-corrected chi connectivity index (χ1v) is 6.49. The van der Waals surface area contributed by atoms with Gasteiger partial charge < -0.3 is 10.2 Å². The highest BCUT2D eigenvalue weighted by Crippen LogP contribution is 2.22. The van der Waals surface area contributed by atoms with E-state index in [4.69, 9.17) is 0 Å². The van der Waals surface area contributed by atoms with Gasteiger partial charge in [-0.2, -0.15) is 0 Å². The van der Waals surface area contributed by atoms with Crippen LogP contribution in [0.4, 0.5) is 14.5 Å². The molecule has 0 spiro atoms. The molecule has 0 aliphatic carbocycles. The molecule has 1 N–H and O–H groups in total. The Hall–Kier alpha value is -1.16. The zero-order valence-corrected chi connectivity index (χ0v) is 10.9. The number of benzene rings is 1. The van der Waals surface area contributed by atoms with E-state index in [1.165, 1.54) is 12.1 Å². The number of nitrogens with zero attached hydrogens (tertiary/aromatic N) is 1. The maximum Gasteiger partial charge on any atom is 0.149 e. The zero-order chi connectivity index (χ0) is 13.1. The summed E-state index contributed by atoms with van der Waals surface area (Å²) in [6, 6.07) is 4.18. The molecule has 1 aliphatic heterocycles. The molecular weight excluding hydrogens is 234 g/mol. The van der Waals surface area contributed by atoms with Gasteiger partial charge in [-0.25, -0.2) is 8.78 Å². The standard InChI is InChI=1S/C14H20F2N2/c1-10(2)7-12-9-18(6-5-17-12)14-4-3-11(15)8-13(14)16/h3-4,8,10,12,17H,5-7,9H2,1-2H3. The monoisotopic (exact) mass is 254 g/mol. The highest BCUT2D eigenvalue weighted by atomic mass is 19.1. The number of piperazine rings is 1. The summed E-state index contributed by atoms with van der Waals surface area (Å²) in [4.78, 5) is 2.00. The number of nitrogens with one attached hydrogen (secondary N) is 1. The topological polar surface area (TPSA) is 15.3 Å². The van der Waals surface area contributed by atoms with E-state index < -0.39 is 11.6 Å². The quantitative estimate of drug-likeness (QED) is 0.892. The van der Waals surface area contributed by atoms with Crippen LogP contribution < -0.4 is 10.2 Å². The predicted molar refractivity (Wildman–Crippen MR) is 69.8 cm³/mol. The summed E-state index contributed by atoms with van der Waals surface area (Å²) in [6.45, 7) is 6.74. The van der Waals surface area contributed by atoms with Gasteiger partial charge in [0.1, 0.15) is 11.6 Å². The van der Waals surface area contributed by atoms with Crippen molar-refractivity contribution in [1.82, 2.24) is 5.32 Å². The Kier molecular flexibility index (Phi) is 4.17. The Morgan fingerprint density at radius 2 is 2.17 bits per heavy atom. The minimum absolute atomic E-state index is 0.378. The van der Waals surface area contributed by atoms with Crippen LogP contribution in [0.5, 0.6) is 0 Å². The van der Waals surface area contributed by atoms with Crippen molar-refractivity contribution in [2.45, 2.75) is 26.3 Å². The maximum absolute atomic E-state index is 13.7. The summed E-state index contributed by atoms with van der Waals surface area (Å²) in [6.07, 6.45) is 1.07. The minimum atomic E-state index is -0.523. The molecule has 0 amide bonds. The van der Waals surface area contributed by atoms with Crippen molar-refractivity contribution >= 4 is 5.69 Å². The largest absolute Gasteiger partial charge is 0.366 e. The van der Waals surface area contributed by atoms with Crippen molar-refractivity contribution in [1.29, 1.82) is 0 Å². The van der Waals surface area contributed by atoms with Crippen LogP contribution in [-0.2, 0) is 0 Å². The average Bonchev–Trinajstić information content (AvgIpc) is 2.28. The molecule has 0 radical (unpaired) electrons. The van der Waals surface area contributed by atoms with Gasteiger partial charge in [0.15, 0.2) is 0 Å². The van der Waals surface area contributed by atoms with E-state index in [0.717, 1.165) is 32.1 Å². The molecule has 0 bridgehead atoms. The number of rotatable bonds is 3. The van der Waals surface area contributed by atoms with Crippen LogP contribution >= 0.6 is 0 Å². The van der Waals surface area contributed by atoms with Gasteiger partial charge in [0, 0.05) is 31.7 Å². The zero-order valence-electron chi connectivity index (χ0n) is 10.9. The Morgan fingerprint density at radius 1 is 1.39 bits per heavy atom. The summed E-state index contributed by atoms with van der Waals surface area (Å²) in [7, 11) is 0. The van der Waals surface area contributed by atoms with Gasteiger partial charge in [0.25, 0.3) is 0 Å². The van der Waals surface area contributed by atoms with Gasteiger partial charge in [0.2, 0.25) is 0 Å². The number of anilines is 1. The highest BCUT2D eigenvalue weighted by molar-refractivity contribution is 5.48. The molecule has 1 saturated heterocycles. The molecular formula is C14H20F2N2. The van der Waals surface area contributed by atoms with Crippen molar-refractivity contribution in [3.8, 4) is 0 Å². The second kappa shape index (κ2) is 5.65. The Morgan fingerprint density at radius 3 is 2.83 bits per heavy atom. The summed E-state index contributed by atoms with van der Waals surface area (Å²) in [5.74, 6) is -0.383. The molecule has 2 rings (SSSR count). The molecule has 18 heavy (non-hydrogen) atoms. The van der Waals surface area contributed by atoms with E-state index >= 15 is 0 Å². The van der Waals surface area contributed by atoms with Crippen LogP contribution in [0.25, 0.3) is 0 Å². The summed E-state index contributed by atoms with van der Waals surface area (Å²) >= 11 is 0. The van der Waals surface area contributed by atoms with E-state index in [2.05, 4.69) is 19.2 Å². The first kappa shape index (κ1) is 13.3. The van der Waals surface area contributed by atoms with Crippen LogP contribution in [0.15, 0.2) is 18.2 Å². The van der Waals surface area contributed by atoms with Crippen LogP contribution in [0, 0.1) is 17.6 Å². The van der Waals surface area contributed by atoms with Crippen molar-refractivity contribution in [3.63, 3.8) is 0 Å². The molecule has 0 aromatic heterocycles. The molecule has 0 saturated carbocycles.